The van der Waals surface area contributed by atoms with Gasteiger partial charge in [-0.15, -0.1) is 0 Å². The molecule has 2 aliphatic rings. The van der Waals surface area contributed by atoms with Crippen molar-refractivity contribution < 1.29 is 41.3 Å². The van der Waals surface area contributed by atoms with Gasteiger partial charge in [0, 0.05) is 6.42 Å². The van der Waals surface area contributed by atoms with E-state index in [9.17, 15) is 19.8 Å². The maximum absolute atomic E-state index is 11.4. The molecule has 0 aromatic heterocycles. The van der Waals surface area contributed by atoms with Crippen molar-refractivity contribution in [2.45, 2.75) is 31.7 Å². The van der Waals surface area contributed by atoms with Gasteiger partial charge < -0.3 is 31.7 Å². The Labute approximate surface area is 131 Å². The molecule has 0 saturated carbocycles. The minimum Gasteiger partial charge on any atom is -1.00 e. The molecule has 110 valence electrons. The molecule has 0 radical (unpaired) electrons. The van der Waals surface area contributed by atoms with Crippen LogP contribution < -0.4 is 17.0 Å². The zero-order chi connectivity index (χ0) is 13.4. The summed E-state index contributed by atoms with van der Waals surface area (Å²) in [4.78, 5) is 22.9. The van der Waals surface area contributed by atoms with Gasteiger partial charge in [-0.3, -0.25) is 9.59 Å². The molecule has 1 atom stereocenters. The van der Waals surface area contributed by atoms with Crippen LogP contribution in [0.5, 0.6) is 0 Å². The molecule has 2 saturated heterocycles. The fourth-order valence-electron chi connectivity index (χ4n) is 3.59. The average Bonchev–Trinajstić information content (AvgIpc) is 2.66. The topological polar surface area (TPSA) is 74.6 Å². The van der Waals surface area contributed by atoms with E-state index in [0.717, 1.165) is 25.9 Å². The number of halogens is 2. The number of aliphatic carboxylic acids is 2. The molecule has 19 heavy (non-hydrogen) atoms. The molecule has 0 aromatic rings. The van der Waals surface area contributed by atoms with Gasteiger partial charge >= 0.3 is 11.9 Å². The van der Waals surface area contributed by atoms with Crippen LogP contribution >= 0.6 is 15.9 Å². The summed E-state index contributed by atoms with van der Waals surface area (Å²) >= 11 is 3.44. The minimum atomic E-state index is -1.59. The van der Waals surface area contributed by atoms with E-state index >= 15 is 0 Å². The standard InChI is InChI=1S/C12H18BrNO4.BrH/c13-7-9-6-12(10(15)16,11(17)18)8-14(9)4-2-1-3-5-14;/h9H,1-8H2,(H-,15,16,17,18);1H. The zero-order valence-corrected chi connectivity index (χ0v) is 13.8. The first-order chi connectivity index (χ1) is 8.47. The molecule has 7 heteroatoms. The molecule has 2 rings (SSSR count). The first-order valence-electron chi connectivity index (χ1n) is 6.35. The predicted octanol–water partition coefficient (Wildman–Crippen LogP) is -1.69. The van der Waals surface area contributed by atoms with E-state index in [0.29, 0.717) is 9.81 Å². The number of quaternary nitrogens is 1. The van der Waals surface area contributed by atoms with Gasteiger partial charge in [-0.2, -0.15) is 0 Å². The number of rotatable bonds is 3. The molecule has 1 spiro atoms. The third-order valence-corrected chi connectivity index (χ3v) is 5.39. The molecule has 5 nitrogen and oxygen atoms in total. The molecule has 0 amide bonds. The van der Waals surface area contributed by atoms with Crippen LogP contribution in [0.2, 0.25) is 0 Å². The van der Waals surface area contributed by atoms with Crippen LogP contribution in [0.25, 0.3) is 0 Å². The van der Waals surface area contributed by atoms with Gasteiger partial charge in [-0.05, 0) is 19.3 Å². The number of carboxylic acid groups (broad SMARTS) is 2. The summed E-state index contributed by atoms with van der Waals surface area (Å²) < 4.78 is 0.670. The molecule has 1 unspecified atom stereocenters. The summed E-state index contributed by atoms with van der Waals surface area (Å²) in [6, 6.07) is 0.109. The van der Waals surface area contributed by atoms with Crippen molar-refractivity contribution in [1.29, 1.82) is 0 Å². The maximum Gasteiger partial charge on any atom is 0.327 e. The second-order valence-corrected chi connectivity index (χ2v) is 6.24. The maximum atomic E-state index is 11.4. The lowest BCUT2D eigenvalue weighted by Gasteiger charge is -2.42. The lowest BCUT2D eigenvalue weighted by molar-refractivity contribution is -0.942. The summed E-state index contributed by atoms with van der Waals surface area (Å²) in [5.41, 5.74) is -1.59. The Morgan fingerprint density at radius 3 is 2.11 bits per heavy atom. The van der Waals surface area contributed by atoms with E-state index in [-0.39, 0.29) is 36.0 Å². The highest BCUT2D eigenvalue weighted by atomic mass is 79.9. The van der Waals surface area contributed by atoms with Crippen molar-refractivity contribution in [3.8, 4) is 0 Å². The number of piperidine rings is 1. The van der Waals surface area contributed by atoms with Crippen LogP contribution in [0.4, 0.5) is 0 Å². The van der Waals surface area contributed by atoms with Gasteiger partial charge in [0.1, 0.15) is 12.6 Å². The second kappa shape index (κ2) is 6.10. The van der Waals surface area contributed by atoms with Gasteiger partial charge in [0.2, 0.25) is 5.41 Å². The largest absolute Gasteiger partial charge is 1.00 e. The van der Waals surface area contributed by atoms with E-state index in [1.165, 1.54) is 6.42 Å². The van der Waals surface area contributed by atoms with Crippen LogP contribution in [0.1, 0.15) is 25.7 Å². The summed E-state index contributed by atoms with van der Waals surface area (Å²) in [5, 5.41) is 19.4. The minimum absolute atomic E-state index is 0. The Bertz CT molecular complexity index is 355. The van der Waals surface area contributed by atoms with Crippen molar-refractivity contribution >= 4 is 27.9 Å². The van der Waals surface area contributed by atoms with Crippen molar-refractivity contribution in [2.24, 2.45) is 5.41 Å². The number of nitrogens with zero attached hydrogens (tertiary/aromatic N) is 1. The SMILES string of the molecule is O=C(O)C1(C(=O)O)CC(CBr)[N+]2(CCCCC2)C1.[Br-]. The van der Waals surface area contributed by atoms with Crippen LogP contribution in [0.15, 0.2) is 0 Å². The molecule has 0 aliphatic carbocycles. The van der Waals surface area contributed by atoms with Gasteiger partial charge in [-0.1, -0.05) is 15.9 Å². The van der Waals surface area contributed by atoms with Crippen LogP contribution in [-0.4, -0.2) is 57.6 Å². The molecule has 2 N–H and O–H groups in total. The van der Waals surface area contributed by atoms with Gasteiger partial charge in [0.25, 0.3) is 0 Å². The Kier molecular flexibility index (Phi) is 5.43. The number of hydrogen-bond acceptors (Lipinski definition) is 2. The van der Waals surface area contributed by atoms with E-state index in [2.05, 4.69) is 15.9 Å². The Balaban J connectivity index is 0.00000180. The monoisotopic (exact) mass is 399 g/mol. The highest BCUT2D eigenvalue weighted by Gasteiger charge is 2.63. The van der Waals surface area contributed by atoms with Crippen LogP contribution in [0, 0.1) is 5.41 Å². The van der Waals surface area contributed by atoms with Crippen molar-refractivity contribution in [2.75, 3.05) is 25.0 Å². The lowest BCUT2D eigenvalue weighted by atomic mass is 9.86. The molecular formula is C12H19Br2NO4. The Hall–Kier alpha value is -0.140. The molecule has 0 aromatic carbocycles. The summed E-state index contributed by atoms with van der Waals surface area (Å²) in [6.07, 6.45) is 3.54. The Morgan fingerprint density at radius 2 is 1.68 bits per heavy atom. The second-order valence-electron chi connectivity index (χ2n) is 5.59. The summed E-state index contributed by atoms with van der Waals surface area (Å²) in [5.74, 6) is -2.36. The molecule has 2 fully saturated rings. The first-order valence-corrected chi connectivity index (χ1v) is 7.47. The van der Waals surface area contributed by atoms with Crippen molar-refractivity contribution in [3.05, 3.63) is 0 Å². The summed E-state index contributed by atoms with van der Waals surface area (Å²) in [7, 11) is 0. The average molecular weight is 401 g/mol. The summed E-state index contributed by atoms with van der Waals surface area (Å²) in [6.45, 7) is 2.07. The fraction of sp³-hybridized carbons (Fsp3) is 0.833. The highest BCUT2D eigenvalue weighted by molar-refractivity contribution is 9.09. The third kappa shape index (κ3) is 2.69. The van der Waals surface area contributed by atoms with E-state index in [4.69, 9.17) is 0 Å². The predicted molar refractivity (Wildman–Crippen MR) is 68.6 cm³/mol. The number of alkyl halides is 1. The number of hydrogen-bond donors (Lipinski definition) is 2. The quantitative estimate of drug-likeness (QED) is 0.337. The highest BCUT2D eigenvalue weighted by Crippen LogP contribution is 2.43. The molecule has 0 bridgehead atoms. The number of carboxylic acids is 2. The normalized spacial score (nSPS) is 27.7. The van der Waals surface area contributed by atoms with E-state index < -0.39 is 17.4 Å². The first kappa shape index (κ1) is 16.9. The number of carbonyl (C=O) groups is 2. The Morgan fingerprint density at radius 1 is 1.16 bits per heavy atom. The van der Waals surface area contributed by atoms with Crippen molar-refractivity contribution in [3.63, 3.8) is 0 Å². The van der Waals surface area contributed by atoms with Crippen LogP contribution in [-0.2, 0) is 9.59 Å². The molecule has 2 heterocycles. The lowest BCUT2D eigenvalue weighted by Crippen LogP contribution is -3.00. The van der Waals surface area contributed by atoms with Gasteiger partial charge in [0.15, 0.2) is 0 Å². The smallest absolute Gasteiger partial charge is 0.327 e. The molecule has 2 aliphatic heterocycles. The van der Waals surface area contributed by atoms with Gasteiger partial charge in [0.05, 0.1) is 18.4 Å². The molecular weight excluding hydrogens is 382 g/mol. The fourth-order valence-corrected chi connectivity index (χ4v) is 4.44. The van der Waals surface area contributed by atoms with Crippen LogP contribution in [0.3, 0.4) is 0 Å². The van der Waals surface area contributed by atoms with E-state index in [1.807, 2.05) is 0 Å². The van der Waals surface area contributed by atoms with E-state index in [1.54, 1.807) is 0 Å². The zero-order valence-electron chi connectivity index (χ0n) is 10.6. The van der Waals surface area contributed by atoms with Crippen molar-refractivity contribution in [1.82, 2.24) is 0 Å². The third-order valence-electron chi connectivity index (χ3n) is 4.65. The van der Waals surface area contributed by atoms with Gasteiger partial charge in [-0.25, -0.2) is 0 Å².